The smallest absolute Gasteiger partial charge is 0.366 e. The molecule has 5 N–H and O–H groups in total. The average Bonchev–Trinajstić information content (AvgIpc) is 3.34. The normalized spacial score (nSPS) is 33.4. The lowest BCUT2D eigenvalue weighted by Gasteiger charge is -2.29. The molecule has 176 valence electrons. The fraction of sp³-hybridized carbons (Fsp3) is 0.455. The number of thiophene rings is 1. The number of epoxide rings is 1. The van der Waals surface area contributed by atoms with Crippen LogP contribution in [0.1, 0.15) is 22.6 Å². The van der Waals surface area contributed by atoms with Crippen LogP contribution in [0.25, 0.3) is 5.70 Å². The number of hydrogen-bond acceptors (Lipinski definition) is 8. The van der Waals surface area contributed by atoms with Gasteiger partial charge in [0.2, 0.25) is 0 Å². The summed E-state index contributed by atoms with van der Waals surface area (Å²) < 4.78 is 45.7. The zero-order valence-electron chi connectivity index (χ0n) is 17.7. The molecule has 1 aromatic heterocycles. The Labute approximate surface area is 193 Å². The third-order valence-electron chi connectivity index (χ3n) is 6.76. The van der Waals surface area contributed by atoms with Crippen LogP contribution >= 0.6 is 11.3 Å². The number of allylic oxidation sites excluding steroid dienone is 1. The Kier molecular flexibility index (Phi) is 5.07. The summed E-state index contributed by atoms with van der Waals surface area (Å²) in [6.07, 6.45) is 6.50. The molecule has 0 radical (unpaired) electrons. The Hall–Kier alpha value is -2.31. The largest absolute Gasteiger partial charge is 0.409 e. The summed E-state index contributed by atoms with van der Waals surface area (Å²) in [7, 11) is 0. The lowest BCUT2D eigenvalue weighted by molar-refractivity contribution is -0.145. The van der Waals surface area contributed by atoms with Gasteiger partial charge < -0.3 is 26.1 Å². The average molecular weight is 479 g/mol. The number of alkyl halides is 3. The first kappa shape index (κ1) is 21.2. The molecule has 6 rings (SSSR count). The second-order valence-corrected chi connectivity index (χ2v) is 10.0. The molecule has 7 nitrogen and oxygen atoms in total. The molecule has 5 aliphatic rings. The van der Waals surface area contributed by atoms with E-state index in [4.69, 9.17) is 10.5 Å². The highest BCUT2D eigenvalue weighted by Gasteiger charge is 2.47. The van der Waals surface area contributed by atoms with E-state index in [1.165, 1.54) is 11.1 Å². The number of likely N-dealkylation sites (tertiary alicyclic amines) is 1. The van der Waals surface area contributed by atoms with Crippen molar-refractivity contribution in [1.29, 1.82) is 0 Å². The van der Waals surface area contributed by atoms with Gasteiger partial charge >= 0.3 is 6.18 Å². The zero-order chi connectivity index (χ0) is 22.7. The summed E-state index contributed by atoms with van der Waals surface area (Å²) in [6, 6.07) is 2.86. The Morgan fingerprint density at radius 1 is 1.24 bits per heavy atom. The first-order valence-electron chi connectivity index (χ1n) is 11.1. The number of hydrogen-bond donors (Lipinski definition) is 4. The Bertz CT molecular complexity index is 1060. The molecule has 0 aromatic carbocycles. The van der Waals surface area contributed by atoms with Gasteiger partial charge in [-0.25, -0.2) is 5.43 Å². The third-order valence-corrected chi connectivity index (χ3v) is 7.85. The van der Waals surface area contributed by atoms with Crippen molar-refractivity contribution in [3.8, 4) is 0 Å². The van der Waals surface area contributed by atoms with Crippen LogP contribution in [0.4, 0.5) is 13.2 Å². The van der Waals surface area contributed by atoms with Crippen molar-refractivity contribution in [2.45, 2.75) is 56.1 Å². The van der Waals surface area contributed by atoms with Crippen molar-refractivity contribution in [3.63, 3.8) is 0 Å². The summed E-state index contributed by atoms with van der Waals surface area (Å²) in [5.41, 5.74) is 12.3. The van der Waals surface area contributed by atoms with Crippen molar-refractivity contribution in [1.82, 2.24) is 26.0 Å². The molecule has 2 fully saturated rings. The summed E-state index contributed by atoms with van der Waals surface area (Å²) in [5, 5.41) is 3.30. The third kappa shape index (κ3) is 3.87. The van der Waals surface area contributed by atoms with E-state index >= 15 is 0 Å². The number of nitrogens with two attached hydrogens (primary N) is 1. The maximum atomic E-state index is 13.4. The van der Waals surface area contributed by atoms with E-state index in [-0.39, 0.29) is 24.1 Å². The van der Waals surface area contributed by atoms with Gasteiger partial charge in [-0.2, -0.15) is 13.2 Å². The fourth-order valence-electron chi connectivity index (χ4n) is 5.06. The summed E-state index contributed by atoms with van der Waals surface area (Å²) in [6.45, 7) is 1.89. The molecule has 6 heterocycles. The Morgan fingerprint density at radius 3 is 2.88 bits per heavy atom. The molecule has 0 bridgehead atoms. The van der Waals surface area contributed by atoms with E-state index in [1.54, 1.807) is 23.6 Å². The van der Waals surface area contributed by atoms with E-state index < -0.39 is 12.2 Å². The van der Waals surface area contributed by atoms with Crippen molar-refractivity contribution in [2.24, 2.45) is 5.73 Å². The monoisotopic (exact) mass is 478 g/mol. The molecule has 5 atom stereocenters. The van der Waals surface area contributed by atoms with Gasteiger partial charge in [0.05, 0.1) is 10.6 Å². The Balaban J connectivity index is 1.19. The quantitative estimate of drug-likeness (QED) is 0.484. The number of rotatable bonds is 5. The number of ether oxygens (including phenoxy) is 1. The molecule has 33 heavy (non-hydrogen) atoms. The number of nitrogens with one attached hydrogen (secondary N) is 3. The zero-order valence-corrected chi connectivity index (χ0v) is 18.5. The van der Waals surface area contributed by atoms with Crippen LogP contribution in [0.5, 0.6) is 0 Å². The van der Waals surface area contributed by atoms with Crippen molar-refractivity contribution < 1.29 is 17.9 Å². The second-order valence-electron chi connectivity index (χ2n) is 8.87. The van der Waals surface area contributed by atoms with E-state index in [0.29, 0.717) is 11.6 Å². The van der Waals surface area contributed by atoms with Crippen LogP contribution in [0.3, 0.4) is 0 Å². The van der Waals surface area contributed by atoms with Gasteiger partial charge in [0.1, 0.15) is 24.5 Å². The van der Waals surface area contributed by atoms with Gasteiger partial charge in [0.25, 0.3) is 0 Å². The molecule has 0 saturated carbocycles. The molecular weight excluding hydrogens is 453 g/mol. The predicted octanol–water partition coefficient (Wildman–Crippen LogP) is 2.30. The van der Waals surface area contributed by atoms with Crippen LogP contribution in [0.2, 0.25) is 0 Å². The second kappa shape index (κ2) is 7.88. The van der Waals surface area contributed by atoms with Gasteiger partial charge in [0.15, 0.2) is 0 Å². The van der Waals surface area contributed by atoms with Gasteiger partial charge in [-0.1, -0.05) is 6.08 Å². The van der Waals surface area contributed by atoms with Gasteiger partial charge in [-0.15, -0.1) is 11.3 Å². The minimum Gasteiger partial charge on any atom is -0.366 e. The molecule has 11 heteroatoms. The SMILES string of the molecule is NC1OC1[C@@H]1CCCN1Cc1ccc(C2=CNC3C=CC(C4=CNNC4C(F)(F)F)=CN23)s1. The van der Waals surface area contributed by atoms with E-state index in [9.17, 15) is 13.2 Å². The number of halogens is 3. The van der Waals surface area contributed by atoms with Gasteiger partial charge in [-0.3, -0.25) is 4.90 Å². The highest BCUT2D eigenvalue weighted by atomic mass is 32.1. The lowest BCUT2D eigenvalue weighted by atomic mass is 9.98. The van der Waals surface area contributed by atoms with Crippen molar-refractivity contribution >= 4 is 17.0 Å². The van der Waals surface area contributed by atoms with Crippen LogP contribution < -0.4 is 21.9 Å². The van der Waals surface area contributed by atoms with E-state index in [0.717, 1.165) is 36.5 Å². The van der Waals surface area contributed by atoms with Crippen molar-refractivity contribution in [2.75, 3.05) is 6.54 Å². The lowest BCUT2D eigenvalue weighted by Crippen LogP contribution is -2.44. The van der Waals surface area contributed by atoms with Crippen LogP contribution in [0.15, 0.2) is 54.0 Å². The maximum absolute atomic E-state index is 13.4. The number of hydrazine groups is 1. The predicted molar refractivity (Wildman–Crippen MR) is 119 cm³/mol. The highest BCUT2D eigenvalue weighted by Crippen LogP contribution is 2.38. The first-order valence-corrected chi connectivity index (χ1v) is 11.9. The molecule has 5 aliphatic heterocycles. The molecular formula is C22H25F3N6OS. The van der Waals surface area contributed by atoms with Crippen LogP contribution in [-0.2, 0) is 11.3 Å². The molecule has 0 amide bonds. The minimum atomic E-state index is -4.38. The standard InChI is InChI=1S/C22H25F3N6OS/c23-22(24,25)20-14(8-28-29-20)12-3-6-18-27-9-16(31(18)10-12)17-5-4-13(33-17)11-30-7-1-2-15(30)19-21(26)32-19/h3-6,8-10,15,18-21,27-29H,1-2,7,11,26H2/t15-,18?,19?,20?,21?/m0/s1. The summed E-state index contributed by atoms with van der Waals surface area (Å²) in [4.78, 5) is 6.76. The fourth-order valence-corrected chi connectivity index (χ4v) is 6.12. The van der Waals surface area contributed by atoms with Crippen molar-refractivity contribution in [3.05, 3.63) is 63.8 Å². The van der Waals surface area contributed by atoms with Crippen LogP contribution in [0, 0.1) is 0 Å². The minimum absolute atomic E-state index is 0.113. The summed E-state index contributed by atoms with van der Waals surface area (Å²) >= 11 is 1.71. The Morgan fingerprint density at radius 2 is 2.09 bits per heavy atom. The molecule has 0 spiro atoms. The molecule has 4 unspecified atom stereocenters. The van der Waals surface area contributed by atoms with Gasteiger partial charge in [-0.05, 0) is 43.2 Å². The molecule has 0 aliphatic carbocycles. The molecule has 2 saturated heterocycles. The highest BCUT2D eigenvalue weighted by molar-refractivity contribution is 7.13. The van der Waals surface area contributed by atoms with Crippen LogP contribution in [-0.4, -0.2) is 53.1 Å². The number of fused-ring (bicyclic) bond motifs is 1. The van der Waals surface area contributed by atoms with Gasteiger partial charge in [0, 0.05) is 41.6 Å². The van der Waals surface area contributed by atoms with E-state index in [1.807, 2.05) is 17.2 Å². The number of nitrogens with zero attached hydrogens (tertiary/aromatic N) is 2. The summed E-state index contributed by atoms with van der Waals surface area (Å²) in [5.74, 6) is 0. The van der Waals surface area contributed by atoms with E-state index in [2.05, 4.69) is 33.2 Å². The maximum Gasteiger partial charge on any atom is 0.409 e. The first-order chi connectivity index (χ1) is 15.9. The topological polar surface area (TPSA) is 81.1 Å². The molecule has 1 aromatic rings.